The van der Waals surface area contributed by atoms with Crippen LogP contribution in [0.25, 0.3) is 11.2 Å². The van der Waals surface area contributed by atoms with Gasteiger partial charge < -0.3 is 30.5 Å². The highest BCUT2D eigenvalue weighted by molar-refractivity contribution is 7.52. The number of aromatic nitrogens is 4. The third-order valence-electron chi connectivity index (χ3n) is 5.74. The average molecular weight is 539 g/mol. The number of aliphatic hydroxyl groups excluding tert-OH is 1. The number of para-hydroxylation sites is 1. The molecular formula is C21H27FN7O7P. The maximum absolute atomic E-state index is 15.8. The summed E-state index contributed by atoms with van der Waals surface area (Å²) in [5, 5.41) is 25.1. The summed E-state index contributed by atoms with van der Waals surface area (Å²) in [5.41, 5.74) is 3.87. The highest BCUT2D eigenvalue weighted by atomic mass is 31.2. The minimum absolute atomic E-state index is 0.0878. The van der Waals surface area contributed by atoms with Crippen LogP contribution in [0.5, 0.6) is 5.75 Å². The van der Waals surface area contributed by atoms with Crippen molar-refractivity contribution in [2.45, 2.75) is 44.0 Å². The molecule has 16 heteroatoms. The fraction of sp³-hybridized carbons (Fsp3) is 0.429. The molecule has 1 aliphatic rings. The van der Waals surface area contributed by atoms with Gasteiger partial charge in [-0.2, -0.15) is 15.1 Å². The topological polar surface area (TPSA) is 196 Å². The van der Waals surface area contributed by atoms with Gasteiger partial charge in [-0.25, -0.2) is 13.9 Å². The third kappa shape index (κ3) is 5.36. The van der Waals surface area contributed by atoms with E-state index in [2.05, 4.69) is 25.4 Å². The van der Waals surface area contributed by atoms with Crippen LogP contribution in [0.3, 0.4) is 0 Å². The number of fused-ring (bicyclic) bond motifs is 1. The molecule has 6 N–H and O–H groups in total. The van der Waals surface area contributed by atoms with Gasteiger partial charge in [0.05, 0.1) is 12.9 Å². The maximum atomic E-state index is 15.8. The smallest absolute Gasteiger partial charge is 0.459 e. The first kappa shape index (κ1) is 26.7. The fourth-order valence-electron chi connectivity index (χ4n) is 3.80. The summed E-state index contributed by atoms with van der Waals surface area (Å²) in [5.74, 6) is -0.934. The van der Waals surface area contributed by atoms with E-state index in [0.29, 0.717) is 11.3 Å². The number of halogens is 1. The molecule has 1 aromatic carbocycles. The predicted octanol–water partition coefficient (Wildman–Crippen LogP) is 1.70. The number of ether oxygens (including phenoxy) is 1. The number of hydrogen-bond donors (Lipinski definition) is 5. The van der Waals surface area contributed by atoms with E-state index in [4.69, 9.17) is 19.5 Å². The van der Waals surface area contributed by atoms with Crippen molar-refractivity contribution < 1.29 is 37.7 Å². The Morgan fingerprint density at radius 1 is 1.38 bits per heavy atom. The number of alkyl halides is 1. The fourth-order valence-corrected chi connectivity index (χ4v) is 5.31. The van der Waals surface area contributed by atoms with E-state index in [9.17, 15) is 19.6 Å². The number of aliphatic hydroxyl groups is 1. The number of hydrogen-bond acceptors (Lipinski definition) is 11. The number of nitrogens with two attached hydrogens (primary N) is 1. The predicted molar refractivity (Wildman–Crippen MR) is 130 cm³/mol. The van der Waals surface area contributed by atoms with Crippen LogP contribution in [0.15, 0.2) is 36.7 Å². The first-order chi connectivity index (χ1) is 17.4. The minimum Gasteiger partial charge on any atom is -0.480 e. The number of carboxylic acid groups (broad SMARTS) is 1. The van der Waals surface area contributed by atoms with Crippen molar-refractivity contribution in [1.82, 2.24) is 24.6 Å². The zero-order valence-electron chi connectivity index (χ0n) is 20.1. The van der Waals surface area contributed by atoms with E-state index < -0.39 is 50.5 Å². The summed E-state index contributed by atoms with van der Waals surface area (Å²) in [6.45, 7) is 1.77. The van der Waals surface area contributed by atoms with Crippen molar-refractivity contribution in [2.24, 2.45) is 0 Å². The number of aliphatic carboxylic acids is 1. The number of benzene rings is 1. The van der Waals surface area contributed by atoms with Gasteiger partial charge in [-0.15, -0.1) is 0 Å². The lowest BCUT2D eigenvalue weighted by Gasteiger charge is -2.25. The summed E-state index contributed by atoms with van der Waals surface area (Å²) < 4.78 is 47.2. The zero-order valence-corrected chi connectivity index (χ0v) is 21.0. The molecular weight excluding hydrogens is 512 g/mol. The van der Waals surface area contributed by atoms with Gasteiger partial charge in [0.2, 0.25) is 5.95 Å². The van der Waals surface area contributed by atoms with Gasteiger partial charge in [-0.1, -0.05) is 18.2 Å². The molecule has 0 saturated carbocycles. The molecule has 3 aromatic rings. The van der Waals surface area contributed by atoms with Gasteiger partial charge in [-0.3, -0.25) is 13.9 Å². The lowest BCUT2D eigenvalue weighted by atomic mass is 9.98. The van der Waals surface area contributed by atoms with Crippen molar-refractivity contribution in [3.63, 3.8) is 0 Å². The summed E-state index contributed by atoms with van der Waals surface area (Å²) in [6, 6.07) is 6.62. The number of carbonyl (C=O) groups is 1. The van der Waals surface area contributed by atoms with Gasteiger partial charge in [0.15, 0.2) is 28.9 Å². The second kappa shape index (κ2) is 10.2. The van der Waals surface area contributed by atoms with Crippen molar-refractivity contribution in [2.75, 3.05) is 24.7 Å². The molecule has 6 atom stereocenters. The Kier molecular flexibility index (Phi) is 7.35. The molecule has 2 aromatic heterocycles. The minimum atomic E-state index is -4.32. The van der Waals surface area contributed by atoms with E-state index >= 15 is 4.39 Å². The molecule has 0 amide bonds. The van der Waals surface area contributed by atoms with E-state index in [1.54, 1.807) is 25.2 Å². The second-order valence-corrected chi connectivity index (χ2v) is 10.2. The summed E-state index contributed by atoms with van der Waals surface area (Å²) in [4.78, 5) is 23.7. The molecule has 1 unspecified atom stereocenters. The van der Waals surface area contributed by atoms with Crippen LogP contribution in [0, 0.1) is 0 Å². The molecule has 4 rings (SSSR count). The highest BCUT2D eigenvalue weighted by Gasteiger charge is 2.56. The molecule has 3 heterocycles. The maximum Gasteiger partial charge on any atom is 0.459 e. The Bertz CT molecular complexity index is 1330. The average Bonchev–Trinajstić information content (AvgIpc) is 3.35. The van der Waals surface area contributed by atoms with E-state index in [1.165, 1.54) is 30.0 Å². The molecule has 1 aliphatic heterocycles. The number of nitrogens with zero attached hydrogens (tertiary/aromatic N) is 4. The molecule has 1 fully saturated rings. The Labute approximate surface area is 210 Å². The number of nitrogens with one attached hydrogen (secondary N) is 2. The molecule has 0 bridgehead atoms. The van der Waals surface area contributed by atoms with Gasteiger partial charge in [0, 0.05) is 7.05 Å². The molecule has 1 saturated heterocycles. The van der Waals surface area contributed by atoms with Crippen LogP contribution in [-0.2, 0) is 18.6 Å². The zero-order chi connectivity index (χ0) is 27.0. The number of carboxylic acids is 1. The van der Waals surface area contributed by atoms with Crippen LogP contribution in [-0.4, -0.2) is 73.3 Å². The molecule has 200 valence electrons. The summed E-state index contributed by atoms with van der Waals surface area (Å²) in [6.07, 6.45) is -3.20. The normalized spacial score (nSPS) is 26.0. The number of anilines is 2. The van der Waals surface area contributed by atoms with Crippen LogP contribution < -0.4 is 20.7 Å². The SMILES string of the molecule is CNc1nc(N)nc2c1ncn2[C@@H]1O[C@H](CO[P@](=O)(NC(C)C(=O)O)Oc2ccccc2)[C@@H](O)[C@@]1(C)F. The van der Waals surface area contributed by atoms with Crippen LogP contribution in [0.1, 0.15) is 20.1 Å². The Morgan fingerprint density at radius 2 is 2.08 bits per heavy atom. The lowest BCUT2D eigenvalue weighted by molar-refractivity contribution is -0.138. The molecule has 0 radical (unpaired) electrons. The largest absolute Gasteiger partial charge is 0.480 e. The van der Waals surface area contributed by atoms with Crippen molar-refractivity contribution in [1.29, 1.82) is 0 Å². The van der Waals surface area contributed by atoms with Crippen molar-refractivity contribution >= 4 is 36.6 Å². The standard InChI is InChI=1S/C21H27FN7O7P/c1-11(18(31)32)28-37(33,36-12-7-5-4-6-8-12)34-9-13-15(30)21(2,22)19(35-13)29-10-25-14-16(24-3)26-20(23)27-17(14)29/h4-8,10-11,13,15,19,30H,9H2,1-3H3,(H,28,33)(H,31,32)(H3,23,24,26,27)/t11?,13-,15-,19-,21-,37-/m1/s1. The van der Waals surface area contributed by atoms with E-state index in [1.807, 2.05) is 0 Å². The van der Waals surface area contributed by atoms with Crippen LogP contribution >= 0.6 is 7.75 Å². The lowest BCUT2D eigenvalue weighted by Crippen LogP contribution is -2.41. The highest BCUT2D eigenvalue weighted by Crippen LogP contribution is 2.48. The Hall–Kier alpha value is -3.36. The molecule has 14 nitrogen and oxygen atoms in total. The Balaban J connectivity index is 1.58. The quantitative estimate of drug-likeness (QED) is 0.234. The molecule has 0 aliphatic carbocycles. The third-order valence-corrected chi connectivity index (χ3v) is 7.39. The monoisotopic (exact) mass is 539 g/mol. The van der Waals surface area contributed by atoms with Gasteiger partial charge in [0.25, 0.3) is 0 Å². The Morgan fingerprint density at radius 3 is 2.73 bits per heavy atom. The number of nitrogen functional groups attached to an aromatic ring is 1. The van der Waals surface area contributed by atoms with Crippen LogP contribution in [0.4, 0.5) is 16.2 Å². The molecule has 37 heavy (non-hydrogen) atoms. The van der Waals surface area contributed by atoms with Gasteiger partial charge in [0.1, 0.15) is 24.0 Å². The summed E-state index contributed by atoms with van der Waals surface area (Å²) >= 11 is 0. The number of rotatable bonds is 10. The van der Waals surface area contributed by atoms with Crippen molar-refractivity contribution in [3.8, 4) is 5.75 Å². The summed E-state index contributed by atoms with van der Waals surface area (Å²) in [7, 11) is -2.71. The number of imidazole rings is 1. The molecule has 0 spiro atoms. The van der Waals surface area contributed by atoms with Crippen molar-refractivity contribution in [3.05, 3.63) is 36.7 Å². The first-order valence-corrected chi connectivity index (χ1v) is 12.7. The van der Waals surface area contributed by atoms with Gasteiger partial charge >= 0.3 is 13.7 Å². The van der Waals surface area contributed by atoms with Crippen LogP contribution in [0.2, 0.25) is 0 Å². The first-order valence-electron chi connectivity index (χ1n) is 11.1. The van der Waals surface area contributed by atoms with E-state index in [0.717, 1.165) is 6.92 Å². The second-order valence-electron chi connectivity index (χ2n) is 8.51. The van der Waals surface area contributed by atoms with Gasteiger partial charge in [-0.05, 0) is 26.0 Å². The van der Waals surface area contributed by atoms with E-state index in [-0.39, 0.29) is 17.3 Å².